The van der Waals surface area contributed by atoms with E-state index in [0.717, 1.165) is 19.3 Å². The van der Waals surface area contributed by atoms with E-state index in [4.69, 9.17) is 27.9 Å². The number of hydrogen-bond acceptors (Lipinski definition) is 2. The molecule has 0 bridgehead atoms. The maximum absolute atomic E-state index is 11.0. The number of unbranched alkanes of at least 4 members (excludes halogenated alkanes) is 2. The van der Waals surface area contributed by atoms with Crippen molar-refractivity contribution in [3.05, 3.63) is 0 Å². The van der Waals surface area contributed by atoms with Crippen LogP contribution in [0.4, 0.5) is 0 Å². The maximum atomic E-state index is 11.0. The third-order valence-corrected chi connectivity index (χ3v) is 2.01. The fourth-order valence-corrected chi connectivity index (χ4v) is 1.06. The number of rotatable bonds is 7. The minimum atomic E-state index is -0.469. The number of carbonyl (C=O) groups is 1. The molecule has 0 rings (SSSR count). The Labute approximate surface area is 89.5 Å². The van der Waals surface area contributed by atoms with Crippen LogP contribution in [0.5, 0.6) is 0 Å². The van der Waals surface area contributed by atoms with Gasteiger partial charge in [0, 0.05) is 6.42 Å². The Morgan fingerprint density at radius 2 is 2.08 bits per heavy atom. The molecule has 0 aliphatic carbocycles. The van der Waals surface area contributed by atoms with Gasteiger partial charge in [-0.05, 0) is 12.8 Å². The van der Waals surface area contributed by atoms with Gasteiger partial charge < -0.3 is 4.74 Å². The molecule has 0 saturated heterocycles. The quantitative estimate of drug-likeness (QED) is 0.379. The largest absolute Gasteiger partial charge is 0.466 e. The Morgan fingerprint density at radius 1 is 1.38 bits per heavy atom. The van der Waals surface area contributed by atoms with Gasteiger partial charge in [0.25, 0.3) is 0 Å². The molecular weight excluding hydrogens is 211 g/mol. The van der Waals surface area contributed by atoms with Gasteiger partial charge >= 0.3 is 5.97 Å². The second kappa shape index (κ2) is 8.64. The van der Waals surface area contributed by atoms with Crippen LogP contribution in [0.2, 0.25) is 0 Å². The fraction of sp³-hybridized carbons (Fsp3) is 0.889. The molecule has 0 N–H and O–H groups in total. The number of alkyl halides is 2. The molecule has 0 unspecified atom stereocenters. The van der Waals surface area contributed by atoms with Crippen LogP contribution in [0, 0.1) is 0 Å². The van der Waals surface area contributed by atoms with Crippen LogP contribution >= 0.6 is 23.2 Å². The molecule has 0 aliphatic heterocycles. The summed E-state index contributed by atoms with van der Waals surface area (Å²) in [5.41, 5.74) is 0. The molecule has 0 atom stereocenters. The first-order valence-corrected chi connectivity index (χ1v) is 5.48. The molecule has 0 amide bonds. The summed E-state index contributed by atoms with van der Waals surface area (Å²) in [5, 5.41) is 0. The van der Waals surface area contributed by atoms with E-state index in [0.29, 0.717) is 19.4 Å². The van der Waals surface area contributed by atoms with Crippen LogP contribution in [0.3, 0.4) is 0 Å². The molecule has 0 saturated carbocycles. The van der Waals surface area contributed by atoms with E-state index in [2.05, 4.69) is 6.92 Å². The summed E-state index contributed by atoms with van der Waals surface area (Å²) in [6.45, 7) is 2.62. The van der Waals surface area contributed by atoms with E-state index in [1.54, 1.807) is 0 Å². The lowest BCUT2D eigenvalue weighted by molar-refractivity contribution is -0.143. The van der Waals surface area contributed by atoms with Crippen molar-refractivity contribution < 1.29 is 9.53 Å². The Hall–Kier alpha value is 0.0500. The molecule has 0 aromatic rings. The standard InChI is InChI=1S/C9H16Cl2O2/c1-2-3-4-7-13-9(12)6-5-8(10)11/h8H,2-7H2,1H3. The summed E-state index contributed by atoms with van der Waals surface area (Å²) in [7, 11) is 0. The normalized spacial score (nSPS) is 10.5. The molecule has 4 heteroatoms. The van der Waals surface area contributed by atoms with Crippen LogP contribution in [-0.2, 0) is 9.53 Å². The first-order chi connectivity index (χ1) is 6.16. The highest BCUT2D eigenvalue weighted by atomic mass is 35.5. The number of ether oxygens (including phenoxy) is 1. The lowest BCUT2D eigenvalue weighted by Crippen LogP contribution is -2.07. The first-order valence-electron chi connectivity index (χ1n) is 4.60. The van der Waals surface area contributed by atoms with E-state index >= 15 is 0 Å². The summed E-state index contributed by atoms with van der Waals surface area (Å²) in [5.74, 6) is -0.206. The number of halogens is 2. The molecule has 0 aromatic carbocycles. The van der Waals surface area contributed by atoms with E-state index in [9.17, 15) is 4.79 Å². The van der Waals surface area contributed by atoms with Crippen molar-refractivity contribution in [3.8, 4) is 0 Å². The van der Waals surface area contributed by atoms with Crippen LogP contribution in [0.1, 0.15) is 39.0 Å². The topological polar surface area (TPSA) is 26.3 Å². The fourth-order valence-electron chi connectivity index (χ4n) is 0.837. The molecule has 0 spiro atoms. The number of esters is 1. The van der Waals surface area contributed by atoms with Crippen molar-refractivity contribution in [2.45, 2.75) is 43.9 Å². The summed E-state index contributed by atoms with van der Waals surface area (Å²) in [6.07, 6.45) is 3.94. The molecular formula is C9H16Cl2O2. The van der Waals surface area contributed by atoms with Crippen molar-refractivity contribution in [1.29, 1.82) is 0 Å². The van der Waals surface area contributed by atoms with Crippen LogP contribution < -0.4 is 0 Å². The molecule has 2 nitrogen and oxygen atoms in total. The highest BCUT2D eigenvalue weighted by molar-refractivity contribution is 6.44. The maximum Gasteiger partial charge on any atom is 0.305 e. The summed E-state index contributed by atoms with van der Waals surface area (Å²) < 4.78 is 4.94. The average molecular weight is 227 g/mol. The predicted octanol–water partition coefficient (Wildman–Crippen LogP) is 3.30. The summed E-state index contributed by atoms with van der Waals surface area (Å²) in [4.78, 5) is 10.5. The minimum absolute atomic E-state index is 0.206. The van der Waals surface area contributed by atoms with Crippen molar-refractivity contribution in [3.63, 3.8) is 0 Å². The Balaban J connectivity index is 3.20. The van der Waals surface area contributed by atoms with Crippen LogP contribution in [0.15, 0.2) is 0 Å². The molecule has 0 aliphatic rings. The first kappa shape index (κ1) is 13.1. The van der Waals surface area contributed by atoms with Gasteiger partial charge in [-0.25, -0.2) is 0 Å². The van der Waals surface area contributed by atoms with Crippen molar-refractivity contribution in [2.24, 2.45) is 0 Å². The van der Waals surface area contributed by atoms with Gasteiger partial charge in [-0.3, -0.25) is 4.79 Å². The Morgan fingerprint density at radius 3 is 2.62 bits per heavy atom. The molecule has 0 heterocycles. The smallest absolute Gasteiger partial charge is 0.305 e. The second-order valence-electron chi connectivity index (χ2n) is 2.86. The zero-order chi connectivity index (χ0) is 10.1. The molecule has 78 valence electrons. The zero-order valence-corrected chi connectivity index (χ0v) is 9.40. The van der Waals surface area contributed by atoms with E-state index in [1.165, 1.54) is 0 Å². The third kappa shape index (κ3) is 9.97. The monoisotopic (exact) mass is 226 g/mol. The van der Waals surface area contributed by atoms with E-state index < -0.39 is 4.84 Å². The van der Waals surface area contributed by atoms with Gasteiger partial charge in [0.2, 0.25) is 0 Å². The van der Waals surface area contributed by atoms with Crippen LogP contribution in [-0.4, -0.2) is 17.4 Å². The van der Waals surface area contributed by atoms with E-state index in [-0.39, 0.29) is 5.97 Å². The predicted molar refractivity (Wildman–Crippen MR) is 55.2 cm³/mol. The van der Waals surface area contributed by atoms with E-state index in [1.807, 2.05) is 0 Å². The van der Waals surface area contributed by atoms with Gasteiger partial charge in [0.15, 0.2) is 0 Å². The highest BCUT2D eigenvalue weighted by Gasteiger charge is 2.05. The minimum Gasteiger partial charge on any atom is -0.466 e. The summed E-state index contributed by atoms with van der Waals surface area (Å²) in [6, 6.07) is 0. The number of carbonyl (C=O) groups excluding carboxylic acids is 1. The van der Waals surface area contributed by atoms with Crippen LogP contribution in [0.25, 0.3) is 0 Å². The SMILES string of the molecule is CCCCCOC(=O)CCC(Cl)Cl. The number of hydrogen-bond donors (Lipinski definition) is 0. The molecule has 0 radical (unpaired) electrons. The Bertz CT molecular complexity index is 138. The molecule has 13 heavy (non-hydrogen) atoms. The van der Waals surface area contributed by atoms with Crippen molar-refractivity contribution in [1.82, 2.24) is 0 Å². The van der Waals surface area contributed by atoms with Crippen molar-refractivity contribution in [2.75, 3.05) is 6.61 Å². The van der Waals surface area contributed by atoms with Crippen molar-refractivity contribution >= 4 is 29.2 Å². The lowest BCUT2D eigenvalue weighted by Gasteiger charge is -2.04. The van der Waals surface area contributed by atoms with Gasteiger partial charge in [0.05, 0.1) is 6.61 Å². The summed E-state index contributed by atoms with van der Waals surface area (Å²) >= 11 is 10.9. The third-order valence-electron chi connectivity index (χ3n) is 1.58. The zero-order valence-electron chi connectivity index (χ0n) is 7.89. The van der Waals surface area contributed by atoms with Gasteiger partial charge in [-0.1, -0.05) is 19.8 Å². The molecule has 0 fully saturated rings. The van der Waals surface area contributed by atoms with Gasteiger partial charge in [-0.15, -0.1) is 23.2 Å². The second-order valence-corrected chi connectivity index (χ2v) is 4.13. The average Bonchev–Trinajstić information content (AvgIpc) is 2.09. The lowest BCUT2D eigenvalue weighted by atomic mass is 10.3. The van der Waals surface area contributed by atoms with Gasteiger partial charge in [0.1, 0.15) is 4.84 Å². The van der Waals surface area contributed by atoms with Gasteiger partial charge in [-0.2, -0.15) is 0 Å². The highest BCUT2D eigenvalue weighted by Crippen LogP contribution is 2.10. The Kier molecular flexibility index (Phi) is 8.67. The molecule has 0 aromatic heterocycles.